The van der Waals surface area contributed by atoms with Gasteiger partial charge in [0.2, 0.25) is 5.82 Å². The molecule has 0 radical (unpaired) electrons. The van der Waals surface area contributed by atoms with Crippen molar-refractivity contribution in [2.75, 3.05) is 6.54 Å². The Hall–Kier alpha value is -1.39. The number of H-pyrrole nitrogens is 1. The summed E-state index contributed by atoms with van der Waals surface area (Å²) in [4.78, 5) is 16.2. The number of amides is 1. The van der Waals surface area contributed by atoms with Crippen LogP contribution in [0.1, 0.15) is 55.0 Å². The summed E-state index contributed by atoms with van der Waals surface area (Å²) in [5.41, 5.74) is 0.371. The smallest absolute Gasteiger partial charge is 0.290 e. The Morgan fingerprint density at radius 3 is 2.35 bits per heavy atom. The third kappa shape index (κ3) is 2.03. The van der Waals surface area contributed by atoms with Gasteiger partial charge in [0, 0.05) is 6.54 Å². The molecule has 0 spiro atoms. The second-order valence-corrected chi connectivity index (χ2v) is 7.34. The zero-order valence-corrected chi connectivity index (χ0v) is 12.0. The van der Waals surface area contributed by atoms with Crippen molar-refractivity contribution in [2.24, 2.45) is 23.2 Å². The van der Waals surface area contributed by atoms with Gasteiger partial charge >= 0.3 is 0 Å². The molecule has 4 fully saturated rings. The van der Waals surface area contributed by atoms with Crippen molar-refractivity contribution in [1.82, 2.24) is 20.5 Å². The fourth-order valence-electron chi connectivity index (χ4n) is 5.30. The molecule has 0 aliphatic heterocycles. The number of rotatable bonds is 3. The molecule has 5 rings (SSSR count). The standard InChI is InChI=1S/C15H22N4O/c1-9-17-13(19-18-9)14(20)16-8-15-5-10-2-11(6-15)4-12(3-10)7-15/h10-12H,2-8H2,1H3,(H,16,20)(H,17,18,19). The van der Waals surface area contributed by atoms with Gasteiger partial charge < -0.3 is 5.32 Å². The van der Waals surface area contributed by atoms with Crippen LogP contribution < -0.4 is 5.32 Å². The maximum atomic E-state index is 12.1. The normalized spacial score (nSPS) is 38.1. The summed E-state index contributed by atoms with van der Waals surface area (Å²) in [6, 6.07) is 0. The van der Waals surface area contributed by atoms with Gasteiger partial charge in [0.15, 0.2) is 0 Å². The van der Waals surface area contributed by atoms with Gasteiger partial charge in [-0.25, -0.2) is 4.98 Å². The minimum Gasteiger partial charge on any atom is -0.349 e. The highest BCUT2D eigenvalue weighted by atomic mass is 16.2. The summed E-state index contributed by atoms with van der Waals surface area (Å²) < 4.78 is 0. The van der Waals surface area contributed by atoms with Crippen LogP contribution in [0, 0.1) is 30.1 Å². The summed E-state index contributed by atoms with van der Waals surface area (Å²) in [7, 11) is 0. The van der Waals surface area contributed by atoms with Crippen LogP contribution in [-0.4, -0.2) is 27.6 Å². The molecule has 4 aliphatic carbocycles. The Morgan fingerprint density at radius 1 is 1.25 bits per heavy atom. The number of aromatic nitrogens is 3. The lowest BCUT2D eigenvalue weighted by Gasteiger charge is -2.56. The van der Waals surface area contributed by atoms with Crippen LogP contribution in [0.15, 0.2) is 0 Å². The SMILES string of the molecule is Cc1nc(C(=O)NCC23CC4CC(CC(C4)C2)C3)n[nH]1. The molecular formula is C15H22N4O. The van der Waals surface area contributed by atoms with Crippen LogP contribution in [0.4, 0.5) is 0 Å². The van der Waals surface area contributed by atoms with Crippen molar-refractivity contribution < 1.29 is 4.79 Å². The van der Waals surface area contributed by atoms with Crippen LogP contribution in [0.5, 0.6) is 0 Å². The molecule has 20 heavy (non-hydrogen) atoms. The van der Waals surface area contributed by atoms with Crippen LogP contribution in [0.25, 0.3) is 0 Å². The van der Waals surface area contributed by atoms with E-state index in [2.05, 4.69) is 20.5 Å². The molecule has 1 aromatic rings. The number of aromatic amines is 1. The molecule has 5 nitrogen and oxygen atoms in total. The fourth-order valence-corrected chi connectivity index (χ4v) is 5.30. The van der Waals surface area contributed by atoms with Crippen LogP contribution >= 0.6 is 0 Å². The molecule has 4 bridgehead atoms. The van der Waals surface area contributed by atoms with Gasteiger partial charge in [0.25, 0.3) is 5.91 Å². The van der Waals surface area contributed by atoms with Gasteiger partial charge in [-0.05, 0) is 68.6 Å². The molecule has 0 unspecified atom stereocenters. The summed E-state index contributed by atoms with van der Waals surface area (Å²) in [6.07, 6.45) is 8.25. The van der Waals surface area contributed by atoms with E-state index in [1.54, 1.807) is 0 Å². The third-order valence-electron chi connectivity index (χ3n) is 5.59. The lowest BCUT2D eigenvalue weighted by molar-refractivity contribution is -0.0503. The van der Waals surface area contributed by atoms with Crippen LogP contribution in [0.3, 0.4) is 0 Å². The maximum Gasteiger partial charge on any atom is 0.290 e. The molecular weight excluding hydrogens is 252 g/mol. The largest absolute Gasteiger partial charge is 0.349 e. The first kappa shape index (κ1) is 12.4. The van der Waals surface area contributed by atoms with E-state index in [-0.39, 0.29) is 11.7 Å². The van der Waals surface area contributed by atoms with Gasteiger partial charge in [-0.15, -0.1) is 5.10 Å². The highest BCUT2D eigenvalue weighted by molar-refractivity contribution is 5.90. The van der Waals surface area contributed by atoms with E-state index >= 15 is 0 Å². The zero-order valence-electron chi connectivity index (χ0n) is 12.0. The summed E-state index contributed by atoms with van der Waals surface area (Å²) in [6.45, 7) is 2.62. The molecule has 1 amide bonds. The van der Waals surface area contributed by atoms with Crippen molar-refractivity contribution >= 4 is 5.91 Å². The second kappa shape index (κ2) is 4.30. The molecule has 0 saturated heterocycles. The monoisotopic (exact) mass is 274 g/mol. The molecule has 0 aromatic carbocycles. The van der Waals surface area contributed by atoms with Crippen molar-refractivity contribution in [1.29, 1.82) is 0 Å². The van der Waals surface area contributed by atoms with E-state index in [0.29, 0.717) is 11.2 Å². The Labute approximate surface area is 118 Å². The van der Waals surface area contributed by atoms with E-state index in [9.17, 15) is 4.79 Å². The van der Waals surface area contributed by atoms with Crippen LogP contribution in [-0.2, 0) is 0 Å². The number of carbonyl (C=O) groups excluding carboxylic acids is 1. The molecule has 1 heterocycles. The molecule has 1 aromatic heterocycles. The Bertz CT molecular complexity index is 500. The van der Waals surface area contributed by atoms with Crippen molar-refractivity contribution in [2.45, 2.75) is 45.4 Å². The van der Waals surface area contributed by atoms with E-state index in [1.807, 2.05) is 6.92 Å². The Morgan fingerprint density at radius 2 is 1.85 bits per heavy atom. The Balaban J connectivity index is 1.43. The van der Waals surface area contributed by atoms with Crippen LogP contribution in [0.2, 0.25) is 0 Å². The highest BCUT2D eigenvalue weighted by Crippen LogP contribution is 2.59. The lowest BCUT2D eigenvalue weighted by Crippen LogP contribution is -2.51. The minimum absolute atomic E-state index is 0.134. The van der Waals surface area contributed by atoms with E-state index < -0.39 is 0 Å². The summed E-state index contributed by atoms with van der Waals surface area (Å²) >= 11 is 0. The van der Waals surface area contributed by atoms with Gasteiger partial charge in [0.1, 0.15) is 5.82 Å². The molecule has 5 heteroatoms. The molecule has 4 aliphatic rings. The number of hydrogen-bond acceptors (Lipinski definition) is 3. The number of nitrogens with one attached hydrogen (secondary N) is 2. The zero-order chi connectivity index (χ0) is 13.7. The number of hydrogen-bond donors (Lipinski definition) is 2. The first-order valence-corrected chi connectivity index (χ1v) is 7.79. The first-order chi connectivity index (χ1) is 9.62. The lowest BCUT2D eigenvalue weighted by atomic mass is 9.49. The molecule has 0 atom stereocenters. The minimum atomic E-state index is -0.134. The second-order valence-electron chi connectivity index (χ2n) is 7.34. The van der Waals surface area contributed by atoms with Gasteiger partial charge in [0.05, 0.1) is 0 Å². The number of carbonyl (C=O) groups is 1. The van der Waals surface area contributed by atoms with E-state index in [0.717, 1.165) is 24.3 Å². The average Bonchev–Trinajstić information content (AvgIpc) is 2.81. The fraction of sp³-hybridized carbons (Fsp3) is 0.800. The van der Waals surface area contributed by atoms with Crippen molar-refractivity contribution in [3.05, 3.63) is 11.6 Å². The maximum absolute atomic E-state index is 12.1. The van der Waals surface area contributed by atoms with E-state index in [1.165, 1.54) is 38.5 Å². The number of aryl methyl sites for hydroxylation is 1. The van der Waals surface area contributed by atoms with Crippen molar-refractivity contribution in [3.63, 3.8) is 0 Å². The van der Waals surface area contributed by atoms with Gasteiger partial charge in [-0.3, -0.25) is 9.89 Å². The topological polar surface area (TPSA) is 70.7 Å². The summed E-state index contributed by atoms with van der Waals surface area (Å²) in [5.74, 6) is 3.58. The molecule has 108 valence electrons. The highest BCUT2D eigenvalue weighted by Gasteiger charge is 2.50. The van der Waals surface area contributed by atoms with E-state index in [4.69, 9.17) is 0 Å². The summed E-state index contributed by atoms with van der Waals surface area (Å²) in [5, 5.41) is 9.74. The predicted molar refractivity (Wildman–Crippen MR) is 74.1 cm³/mol. The Kier molecular flexibility index (Phi) is 2.66. The quantitative estimate of drug-likeness (QED) is 0.886. The van der Waals surface area contributed by atoms with Gasteiger partial charge in [-0.1, -0.05) is 0 Å². The third-order valence-corrected chi connectivity index (χ3v) is 5.59. The molecule has 2 N–H and O–H groups in total. The van der Waals surface area contributed by atoms with Gasteiger partial charge in [-0.2, -0.15) is 0 Å². The predicted octanol–water partition coefficient (Wildman–Crippen LogP) is 2.06. The number of nitrogens with zero attached hydrogens (tertiary/aromatic N) is 2. The average molecular weight is 274 g/mol. The molecule has 4 saturated carbocycles. The van der Waals surface area contributed by atoms with Crippen molar-refractivity contribution in [3.8, 4) is 0 Å². The first-order valence-electron chi connectivity index (χ1n) is 7.79.